The van der Waals surface area contributed by atoms with E-state index in [4.69, 9.17) is 0 Å². The van der Waals surface area contributed by atoms with Gasteiger partial charge in [0.2, 0.25) is 5.91 Å². The fourth-order valence-electron chi connectivity index (χ4n) is 2.83. The van der Waals surface area contributed by atoms with Gasteiger partial charge in [-0.2, -0.15) is 0 Å². The van der Waals surface area contributed by atoms with Crippen molar-refractivity contribution in [2.75, 3.05) is 13.6 Å². The molecule has 0 saturated carbocycles. The van der Waals surface area contributed by atoms with Crippen molar-refractivity contribution in [2.24, 2.45) is 11.8 Å². The minimum absolute atomic E-state index is 0.105. The number of aliphatic hydroxyl groups is 1. The molecule has 0 heterocycles. The third-order valence-corrected chi connectivity index (χ3v) is 4.35. The molecule has 0 aliphatic heterocycles. The van der Waals surface area contributed by atoms with Crippen molar-refractivity contribution in [1.29, 1.82) is 0 Å². The largest absolute Gasteiger partial charge is 0.479 e. The molecule has 0 saturated heterocycles. The second-order valence-corrected chi connectivity index (χ2v) is 6.84. The molecule has 1 unspecified atom stereocenters. The zero-order chi connectivity index (χ0) is 21.5. The fourth-order valence-corrected chi connectivity index (χ4v) is 2.83. The Morgan fingerprint density at radius 2 is 1.61 bits per heavy atom. The molecule has 9 nitrogen and oxygen atoms in total. The monoisotopic (exact) mass is 394 g/mol. The van der Waals surface area contributed by atoms with Gasteiger partial charge in [-0.3, -0.25) is 9.69 Å². The number of hydrogen-bond donors (Lipinski definition) is 4. The van der Waals surface area contributed by atoms with E-state index >= 15 is 0 Å². The summed E-state index contributed by atoms with van der Waals surface area (Å²) in [6.07, 6.45) is 0.0553. The maximum Gasteiger partial charge on any atom is 0.348 e. The van der Waals surface area contributed by atoms with Gasteiger partial charge < -0.3 is 20.6 Å². The van der Waals surface area contributed by atoms with Crippen LogP contribution in [0.1, 0.15) is 25.8 Å². The summed E-state index contributed by atoms with van der Waals surface area (Å²) in [4.78, 5) is 49.1. The Balaban J connectivity index is 3.26. The van der Waals surface area contributed by atoms with Gasteiger partial charge in [0.15, 0.2) is 0 Å². The molecule has 1 aromatic carbocycles. The molecule has 9 heteroatoms. The Morgan fingerprint density at radius 1 is 1.07 bits per heavy atom. The molecule has 1 aromatic rings. The molecule has 3 amide bonds. The number of nitrogens with one attached hydrogen (secondary N) is 1. The highest BCUT2D eigenvalue weighted by Crippen LogP contribution is 2.28. The summed E-state index contributed by atoms with van der Waals surface area (Å²) in [5.74, 6) is -7.32. The zero-order valence-corrected chi connectivity index (χ0v) is 16.1. The number of carboxylic acid groups (broad SMARTS) is 2. The molecule has 0 aromatic heterocycles. The van der Waals surface area contributed by atoms with E-state index in [1.165, 1.54) is 7.05 Å². The van der Waals surface area contributed by atoms with Crippen molar-refractivity contribution >= 4 is 23.9 Å². The number of benzene rings is 1. The quantitative estimate of drug-likeness (QED) is 0.457. The average Bonchev–Trinajstić information content (AvgIpc) is 2.65. The summed E-state index contributed by atoms with van der Waals surface area (Å²) in [6.45, 7) is 3.20. The third-order valence-electron chi connectivity index (χ3n) is 4.35. The molecule has 0 spiro atoms. The van der Waals surface area contributed by atoms with Gasteiger partial charge >= 0.3 is 18.0 Å². The Labute approximate surface area is 163 Å². The van der Waals surface area contributed by atoms with Crippen LogP contribution in [-0.4, -0.2) is 63.3 Å². The molecular formula is C19H26N2O7. The van der Waals surface area contributed by atoms with Gasteiger partial charge in [-0.1, -0.05) is 44.2 Å². The summed E-state index contributed by atoms with van der Waals surface area (Å²) in [5, 5.41) is 31.3. The van der Waals surface area contributed by atoms with Gasteiger partial charge in [0.05, 0.1) is 5.92 Å². The minimum Gasteiger partial charge on any atom is -0.479 e. The van der Waals surface area contributed by atoms with Crippen molar-refractivity contribution in [3.8, 4) is 0 Å². The highest BCUT2D eigenvalue weighted by Gasteiger charge is 2.56. The van der Waals surface area contributed by atoms with Gasteiger partial charge in [-0.15, -0.1) is 0 Å². The number of aliphatic carboxylic acids is 2. The number of carboxylic acids is 2. The van der Waals surface area contributed by atoms with Crippen LogP contribution in [0.25, 0.3) is 0 Å². The van der Waals surface area contributed by atoms with E-state index in [-0.39, 0.29) is 25.3 Å². The van der Waals surface area contributed by atoms with Crippen molar-refractivity contribution in [1.82, 2.24) is 10.2 Å². The van der Waals surface area contributed by atoms with E-state index in [1.807, 2.05) is 6.07 Å². The lowest BCUT2D eigenvalue weighted by Crippen LogP contribution is -2.60. The second-order valence-electron chi connectivity index (χ2n) is 6.84. The van der Waals surface area contributed by atoms with E-state index in [1.54, 1.807) is 38.1 Å². The van der Waals surface area contributed by atoms with Gasteiger partial charge in [-0.05, 0) is 24.3 Å². The fraction of sp³-hybridized carbons (Fsp3) is 0.474. The van der Waals surface area contributed by atoms with Crippen LogP contribution >= 0.6 is 0 Å². The van der Waals surface area contributed by atoms with E-state index in [2.05, 4.69) is 5.32 Å². The van der Waals surface area contributed by atoms with Crippen LogP contribution in [0.15, 0.2) is 30.3 Å². The lowest BCUT2D eigenvalue weighted by Gasteiger charge is -2.32. The third kappa shape index (κ3) is 5.29. The minimum atomic E-state index is -3.35. The summed E-state index contributed by atoms with van der Waals surface area (Å²) >= 11 is 0. The molecule has 0 bridgehead atoms. The van der Waals surface area contributed by atoms with E-state index in [0.29, 0.717) is 0 Å². The van der Waals surface area contributed by atoms with Gasteiger partial charge in [0.1, 0.15) is 0 Å². The number of hydrogen-bond acceptors (Lipinski definition) is 5. The van der Waals surface area contributed by atoms with E-state index in [9.17, 15) is 34.5 Å². The van der Waals surface area contributed by atoms with E-state index < -0.39 is 35.4 Å². The van der Waals surface area contributed by atoms with Gasteiger partial charge in [0, 0.05) is 13.6 Å². The molecule has 4 N–H and O–H groups in total. The predicted octanol–water partition coefficient (Wildman–Crippen LogP) is 0.960. The number of urea groups is 1. The molecule has 0 aliphatic rings. The van der Waals surface area contributed by atoms with Crippen molar-refractivity contribution in [2.45, 2.75) is 32.3 Å². The van der Waals surface area contributed by atoms with Gasteiger partial charge in [0.25, 0.3) is 5.60 Å². The number of imide groups is 1. The Hall–Kier alpha value is -2.94. The Morgan fingerprint density at radius 3 is 2.04 bits per heavy atom. The smallest absolute Gasteiger partial charge is 0.348 e. The van der Waals surface area contributed by atoms with Crippen LogP contribution in [0.4, 0.5) is 4.79 Å². The SMILES string of the molecule is CNC(=O)N(CCc1ccccc1)C(=O)C(CC(C)C)C(O)(C(=O)O)C(=O)O. The summed E-state index contributed by atoms with van der Waals surface area (Å²) in [6, 6.07) is 8.16. The lowest BCUT2D eigenvalue weighted by molar-refractivity contribution is -0.187. The first-order valence-corrected chi connectivity index (χ1v) is 8.81. The molecule has 28 heavy (non-hydrogen) atoms. The highest BCUT2D eigenvalue weighted by molar-refractivity contribution is 6.08. The number of carbonyl (C=O) groups excluding carboxylic acids is 2. The molecule has 0 aliphatic carbocycles. The zero-order valence-electron chi connectivity index (χ0n) is 16.1. The number of carbonyl (C=O) groups is 4. The second kappa shape index (κ2) is 9.84. The molecule has 0 radical (unpaired) electrons. The van der Waals surface area contributed by atoms with Crippen LogP contribution < -0.4 is 5.32 Å². The van der Waals surface area contributed by atoms with Crippen molar-refractivity contribution in [3.63, 3.8) is 0 Å². The molecule has 154 valence electrons. The Kier molecular flexibility index (Phi) is 8.12. The summed E-state index contributed by atoms with van der Waals surface area (Å²) in [7, 11) is 1.29. The Bertz CT molecular complexity index is 704. The summed E-state index contributed by atoms with van der Waals surface area (Å²) < 4.78 is 0. The van der Waals surface area contributed by atoms with Crippen LogP contribution in [0.2, 0.25) is 0 Å². The van der Waals surface area contributed by atoms with Crippen LogP contribution in [0.5, 0.6) is 0 Å². The first-order valence-electron chi connectivity index (χ1n) is 8.81. The topological polar surface area (TPSA) is 144 Å². The van der Waals surface area contributed by atoms with Crippen molar-refractivity contribution < 1.29 is 34.5 Å². The van der Waals surface area contributed by atoms with Crippen LogP contribution in [0, 0.1) is 11.8 Å². The maximum atomic E-state index is 13.0. The lowest BCUT2D eigenvalue weighted by atomic mass is 9.80. The van der Waals surface area contributed by atoms with E-state index in [0.717, 1.165) is 10.5 Å². The highest BCUT2D eigenvalue weighted by atomic mass is 16.4. The molecule has 1 atom stereocenters. The average molecular weight is 394 g/mol. The molecular weight excluding hydrogens is 368 g/mol. The first-order chi connectivity index (χ1) is 13.0. The van der Waals surface area contributed by atoms with Gasteiger partial charge in [-0.25, -0.2) is 14.4 Å². The maximum absolute atomic E-state index is 13.0. The molecule has 1 rings (SSSR count). The number of nitrogens with zero attached hydrogens (tertiary/aromatic N) is 1. The van der Waals surface area contributed by atoms with Crippen LogP contribution in [-0.2, 0) is 20.8 Å². The number of rotatable bonds is 9. The number of amides is 3. The predicted molar refractivity (Wildman–Crippen MR) is 99.5 cm³/mol. The molecule has 0 fully saturated rings. The first kappa shape index (κ1) is 23.1. The van der Waals surface area contributed by atoms with Crippen molar-refractivity contribution in [3.05, 3.63) is 35.9 Å². The standard InChI is InChI=1S/C19H26N2O7/c1-12(2)11-14(19(28,16(23)24)17(25)26)15(22)21(18(27)20-3)10-9-13-7-5-4-6-8-13/h4-8,12,14,28H,9-11H2,1-3H3,(H,20,27)(H,23,24)(H,25,26). The summed E-state index contributed by atoms with van der Waals surface area (Å²) in [5.41, 5.74) is -2.52. The van der Waals surface area contributed by atoms with Crippen LogP contribution in [0.3, 0.4) is 0 Å². The normalized spacial score (nSPS) is 12.3.